The van der Waals surface area contributed by atoms with Crippen molar-refractivity contribution in [1.82, 2.24) is 25.3 Å². The van der Waals surface area contributed by atoms with Crippen LogP contribution in [0.1, 0.15) is 22.5 Å². The summed E-state index contributed by atoms with van der Waals surface area (Å²) in [5.41, 5.74) is 0.990. The summed E-state index contributed by atoms with van der Waals surface area (Å²) in [7, 11) is 0. The number of nitrogens with zero attached hydrogens (tertiary/aromatic N) is 5. The van der Waals surface area contributed by atoms with Gasteiger partial charge >= 0.3 is 0 Å². The Morgan fingerprint density at radius 2 is 2.21 bits per heavy atom. The lowest BCUT2D eigenvalue weighted by atomic mass is 10.3. The van der Waals surface area contributed by atoms with Crippen molar-refractivity contribution in [3.63, 3.8) is 0 Å². The van der Waals surface area contributed by atoms with Gasteiger partial charge in [-0.25, -0.2) is 9.98 Å². The molecule has 8 heteroatoms. The van der Waals surface area contributed by atoms with Gasteiger partial charge in [-0.3, -0.25) is 4.90 Å². The van der Waals surface area contributed by atoms with Gasteiger partial charge in [0.1, 0.15) is 6.26 Å². The molecule has 0 unspecified atom stereocenters. The van der Waals surface area contributed by atoms with Crippen LogP contribution in [0, 0.1) is 6.92 Å². The van der Waals surface area contributed by atoms with Gasteiger partial charge in [0.25, 0.3) is 0 Å². The molecule has 1 aliphatic rings. The molecule has 3 heterocycles. The van der Waals surface area contributed by atoms with E-state index < -0.39 is 0 Å². The Hall–Kier alpha value is -1.93. The number of hydrogen-bond donors (Lipinski definition) is 1. The number of nitrogens with one attached hydrogen (secondary N) is 1. The fourth-order valence-corrected chi connectivity index (χ4v) is 3.44. The van der Waals surface area contributed by atoms with E-state index in [0.717, 1.165) is 55.9 Å². The number of rotatable bonds is 5. The predicted molar refractivity (Wildman–Crippen MR) is 95.0 cm³/mol. The molecular weight excluding hydrogens is 324 g/mol. The minimum absolute atomic E-state index is 0.687. The van der Waals surface area contributed by atoms with Crippen LogP contribution < -0.4 is 5.32 Å². The molecule has 0 spiro atoms. The molecule has 7 nitrogen and oxygen atoms in total. The van der Waals surface area contributed by atoms with Gasteiger partial charge in [0.15, 0.2) is 5.96 Å². The molecule has 3 rings (SSSR count). The van der Waals surface area contributed by atoms with Crippen LogP contribution in [0.2, 0.25) is 0 Å². The highest BCUT2D eigenvalue weighted by atomic mass is 32.1. The van der Waals surface area contributed by atoms with E-state index in [9.17, 15) is 0 Å². The van der Waals surface area contributed by atoms with Crippen molar-refractivity contribution in [2.75, 3.05) is 32.7 Å². The fraction of sp³-hybridized carbons (Fsp3) is 0.562. The third kappa shape index (κ3) is 4.55. The van der Waals surface area contributed by atoms with Gasteiger partial charge in [-0.2, -0.15) is 0 Å². The summed E-state index contributed by atoms with van der Waals surface area (Å²) in [6.45, 7) is 10.5. The van der Waals surface area contributed by atoms with Gasteiger partial charge in [-0.15, -0.1) is 11.3 Å². The fourth-order valence-electron chi connectivity index (χ4n) is 2.72. The zero-order valence-corrected chi connectivity index (χ0v) is 15.1. The van der Waals surface area contributed by atoms with Gasteiger partial charge in [-0.1, -0.05) is 5.16 Å². The second-order valence-corrected chi connectivity index (χ2v) is 7.09. The molecule has 1 saturated heterocycles. The van der Waals surface area contributed by atoms with Gasteiger partial charge in [0.05, 0.1) is 17.2 Å². The van der Waals surface area contributed by atoms with Crippen molar-refractivity contribution in [2.24, 2.45) is 4.99 Å². The molecule has 2 aromatic rings. The standard InChI is InChI=1S/C16H24N6OS/c1-3-17-16(19-11-15-10-18-13(2)24-15)22-7-5-21(6-8-22)12-14-4-9-23-20-14/h4,9-10H,3,5-8,11-12H2,1-2H3,(H,17,19). The Balaban J connectivity index is 1.54. The molecule has 1 fully saturated rings. The second-order valence-electron chi connectivity index (χ2n) is 5.77. The first kappa shape index (κ1) is 16.9. The van der Waals surface area contributed by atoms with Crippen molar-refractivity contribution >= 4 is 17.3 Å². The van der Waals surface area contributed by atoms with E-state index in [1.807, 2.05) is 19.2 Å². The summed E-state index contributed by atoms with van der Waals surface area (Å²) in [5, 5.41) is 8.48. The first-order chi connectivity index (χ1) is 11.7. The van der Waals surface area contributed by atoms with Crippen LogP contribution in [-0.2, 0) is 13.1 Å². The highest BCUT2D eigenvalue weighted by Crippen LogP contribution is 2.13. The number of aryl methyl sites for hydroxylation is 1. The van der Waals surface area contributed by atoms with Crippen molar-refractivity contribution in [3.8, 4) is 0 Å². The summed E-state index contributed by atoms with van der Waals surface area (Å²) < 4.78 is 4.90. The van der Waals surface area contributed by atoms with Gasteiger partial charge in [-0.05, 0) is 13.8 Å². The average Bonchev–Trinajstić information content (AvgIpc) is 3.24. The largest absolute Gasteiger partial charge is 0.364 e. The van der Waals surface area contributed by atoms with Crippen LogP contribution in [0.15, 0.2) is 28.0 Å². The van der Waals surface area contributed by atoms with Crippen LogP contribution in [-0.4, -0.2) is 58.6 Å². The van der Waals surface area contributed by atoms with E-state index in [2.05, 4.69) is 32.2 Å². The topological polar surface area (TPSA) is 69.8 Å². The smallest absolute Gasteiger partial charge is 0.194 e. The normalized spacial score (nSPS) is 16.6. The van der Waals surface area contributed by atoms with Gasteiger partial charge < -0.3 is 14.7 Å². The molecule has 0 amide bonds. The first-order valence-corrected chi connectivity index (χ1v) is 9.12. The Labute approximate surface area is 146 Å². The third-order valence-corrected chi connectivity index (χ3v) is 4.83. The molecule has 1 N–H and O–H groups in total. The van der Waals surface area contributed by atoms with Crippen molar-refractivity contribution in [2.45, 2.75) is 26.9 Å². The second kappa shape index (κ2) is 8.25. The Bertz CT molecular complexity index is 645. The third-order valence-electron chi connectivity index (χ3n) is 3.94. The van der Waals surface area contributed by atoms with Gasteiger partial charge in [0, 0.05) is 56.4 Å². The molecule has 0 atom stereocenters. The first-order valence-electron chi connectivity index (χ1n) is 8.30. The number of hydrogen-bond acceptors (Lipinski definition) is 6. The molecule has 0 aromatic carbocycles. The number of piperazine rings is 1. The van der Waals surface area contributed by atoms with Crippen molar-refractivity contribution < 1.29 is 4.52 Å². The minimum atomic E-state index is 0.687. The van der Waals surface area contributed by atoms with Gasteiger partial charge in [0.2, 0.25) is 0 Å². The maximum Gasteiger partial charge on any atom is 0.194 e. The summed E-state index contributed by atoms with van der Waals surface area (Å²) in [5.74, 6) is 0.990. The molecule has 0 bridgehead atoms. The van der Waals surface area contributed by atoms with Crippen LogP contribution in [0.5, 0.6) is 0 Å². The van der Waals surface area contributed by atoms with E-state index in [1.165, 1.54) is 4.88 Å². The highest BCUT2D eigenvalue weighted by Gasteiger charge is 2.20. The van der Waals surface area contributed by atoms with Crippen LogP contribution in [0.3, 0.4) is 0 Å². The maximum absolute atomic E-state index is 4.90. The number of guanidine groups is 1. The van der Waals surface area contributed by atoms with Crippen LogP contribution in [0.25, 0.3) is 0 Å². The lowest BCUT2D eigenvalue weighted by Crippen LogP contribution is -2.52. The van der Waals surface area contributed by atoms with E-state index in [-0.39, 0.29) is 0 Å². The summed E-state index contributed by atoms with van der Waals surface area (Å²) >= 11 is 1.71. The lowest BCUT2D eigenvalue weighted by Gasteiger charge is -2.36. The molecular formula is C16H24N6OS. The molecule has 2 aromatic heterocycles. The lowest BCUT2D eigenvalue weighted by molar-refractivity contribution is 0.169. The van der Waals surface area contributed by atoms with E-state index in [0.29, 0.717) is 6.54 Å². The monoisotopic (exact) mass is 348 g/mol. The molecule has 0 aliphatic carbocycles. The quantitative estimate of drug-likeness (QED) is 0.655. The Morgan fingerprint density at radius 1 is 1.38 bits per heavy atom. The van der Waals surface area contributed by atoms with Crippen LogP contribution in [0.4, 0.5) is 0 Å². The summed E-state index contributed by atoms with van der Waals surface area (Å²) in [4.78, 5) is 15.0. The number of aliphatic imine (C=N–C) groups is 1. The number of thiazole rings is 1. The molecule has 0 saturated carbocycles. The van der Waals surface area contributed by atoms with E-state index in [4.69, 9.17) is 9.52 Å². The predicted octanol–water partition coefficient (Wildman–Crippen LogP) is 1.72. The Kier molecular flexibility index (Phi) is 5.81. The van der Waals surface area contributed by atoms with Crippen molar-refractivity contribution in [1.29, 1.82) is 0 Å². The SMILES string of the molecule is CCNC(=NCc1cnc(C)s1)N1CCN(Cc2ccon2)CC1. The van der Waals surface area contributed by atoms with Crippen molar-refractivity contribution in [3.05, 3.63) is 34.1 Å². The molecule has 24 heavy (non-hydrogen) atoms. The maximum atomic E-state index is 4.90. The molecule has 1 aliphatic heterocycles. The zero-order chi connectivity index (χ0) is 16.8. The minimum Gasteiger partial charge on any atom is -0.364 e. The highest BCUT2D eigenvalue weighted by molar-refractivity contribution is 7.11. The van der Waals surface area contributed by atoms with Crippen LogP contribution >= 0.6 is 11.3 Å². The average molecular weight is 348 g/mol. The number of aromatic nitrogens is 2. The van der Waals surface area contributed by atoms with E-state index in [1.54, 1.807) is 17.6 Å². The molecule has 0 radical (unpaired) electrons. The summed E-state index contributed by atoms with van der Waals surface area (Å²) in [6.07, 6.45) is 3.55. The zero-order valence-electron chi connectivity index (χ0n) is 14.2. The summed E-state index contributed by atoms with van der Waals surface area (Å²) in [6, 6.07) is 1.93. The molecule has 130 valence electrons. The Morgan fingerprint density at radius 3 is 2.83 bits per heavy atom. The van der Waals surface area contributed by atoms with E-state index >= 15 is 0 Å².